The predicted molar refractivity (Wildman–Crippen MR) is 65.2 cm³/mol. The van der Waals surface area contributed by atoms with Crippen molar-refractivity contribution in [1.82, 2.24) is 5.32 Å². The van der Waals surface area contributed by atoms with Crippen molar-refractivity contribution in [2.45, 2.75) is 25.3 Å². The van der Waals surface area contributed by atoms with Crippen molar-refractivity contribution in [3.05, 3.63) is 28.0 Å². The van der Waals surface area contributed by atoms with E-state index in [2.05, 4.69) is 21.2 Å². The topological polar surface area (TPSA) is 21.3 Å². The Morgan fingerprint density at radius 1 is 1.44 bits per heavy atom. The number of rotatable bonds is 2. The summed E-state index contributed by atoms with van der Waals surface area (Å²) in [4.78, 5) is 0. The molecule has 1 atom stereocenters. The van der Waals surface area contributed by atoms with Gasteiger partial charge in [0.1, 0.15) is 0 Å². The van der Waals surface area contributed by atoms with Crippen LogP contribution in [0.3, 0.4) is 0 Å². The maximum Gasteiger partial charge on any atom is 0.166 e. The highest BCUT2D eigenvalue weighted by Gasteiger charge is 2.21. The van der Waals surface area contributed by atoms with Gasteiger partial charge in [-0.15, -0.1) is 0 Å². The molecule has 0 spiro atoms. The molecule has 88 valence electrons. The zero-order valence-corrected chi connectivity index (χ0v) is 10.8. The first-order valence-corrected chi connectivity index (χ1v) is 6.28. The lowest BCUT2D eigenvalue weighted by molar-refractivity contribution is 0.355. The van der Waals surface area contributed by atoms with Gasteiger partial charge in [0.05, 0.1) is 7.11 Å². The highest BCUT2D eigenvalue weighted by atomic mass is 79.9. The Morgan fingerprint density at radius 2 is 2.25 bits per heavy atom. The first kappa shape index (κ1) is 11.9. The van der Waals surface area contributed by atoms with Gasteiger partial charge in [-0.05, 0) is 31.5 Å². The van der Waals surface area contributed by atoms with E-state index in [1.165, 1.54) is 26.0 Å². The van der Waals surface area contributed by atoms with Crippen LogP contribution in [-0.4, -0.2) is 13.7 Å². The Labute approximate surface area is 103 Å². The van der Waals surface area contributed by atoms with Gasteiger partial charge in [-0.2, -0.15) is 0 Å². The summed E-state index contributed by atoms with van der Waals surface area (Å²) in [5.74, 6) is 0.0573. The zero-order chi connectivity index (χ0) is 11.5. The van der Waals surface area contributed by atoms with Gasteiger partial charge in [0.2, 0.25) is 0 Å². The van der Waals surface area contributed by atoms with E-state index >= 15 is 0 Å². The minimum atomic E-state index is -0.306. The molecule has 1 aliphatic rings. The number of halogens is 2. The van der Waals surface area contributed by atoms with Crippen LogP contribution in [0.1, 0.15) is 30.9 Å². The Kier molecular flexibility index (Phi) is 3.82. The normalized spacial score (nSPS) is 20.8. The third-order valence-electron chi connectivity index (χ3n) is 2.93. The van der Waals surface area contributed by atoms with E-state index < -0.39 is 0 Å². The van der Waals surface area contributed by atoms with Crippen LogP contribution in [0, 0.1) is 5.82 Å². The van der Waals surface area contributed by atoms with Gasteiger partial charge >= 0.3 is 0 Å². The lowest BCUT2D eigenvalue weighted by atomic mass is 9.96. The van der Waals surface area contributed by atoms with Gasteiger partial charge < -0.3 is 10.1 Å². The molecule has 0 saturated carbocycles. The quantitative estimate of drug-likeness (QED) is 0.900. The largest absolute Gasteiger partial charge is 0.493 e. The molecule has 0 bridgehead atoms. The van der Waals surface area contributed by atoms with Crippen molar-refractivity contribution in [3.63, 3.8) is 0 Å². The molecule has 2 rings (SSSR count). The molecule has 0 aromatic heterocycles. The average molecular weight is 288 g/mol. The molecule has 1 fully saturated rings. The standard InChI is InChI=1S/C12H15BrFNO/c1-16-12-9(6-8(13)7-10(12)14)11-4-2-3-5-15-11/h6-7,11,15H,2-5H2,1H3. The van der Waals surface area contributed by atoms with Crippen LogP contribution in [0.2, 0.25) is 0 Å². The summed E-state index contributed by atoms with van der Waals surface area (Å²) in [6, 6.07) is 3.58. The van der Waals surface area contributed by atoms with Gasteiger partial charge in [0.25, 0.3) is 0 Å². The van der Waals surface area contributed by atoms with Gasteiger partial charge in [-0.3, -0.25) is 0 Å². The Morgan fingerprint density at radius 3 is 2.88 bits per heavy atom. The molecule has 1 aliphatic heterocycles. The number of hydrogen-bond acceptors (Lipinski definition) is 2. The number of benzene rings is 1. The molecule has 1 aromatic carbocycles. The molecular formula is C12H15BrFNO. The van der Waals surface area contributed by atoms with Crippen LogP contribution in [-0.2, 0) is 0 Å². The van der Waals surface area contributed by atoms with Crippen molar-refractivity contribution in [3.8, 4) is 5.75 Å². The first-order chi connectivity index (χ1) is 7.72. The molecule has 1 heterocycles. The second kappa shape index (κ2) is 5.15. The van der Waals surface area contributed by atoms with Gasteiger partial charge in [-0.25, -0.2) is 4.39 Å². The first-order valence-electron chi connectivity index (χ1n) is 5.48. The SMILES string of the molecule is COc1c(F)cc(Br)cc1C1CCCCN1. The van der Waals surface area contributed by atoms with Crippen molar-refractivity contribution in [2.75, 3.05) is 13.7 Å². The molecule has 0 amide bonds. The summed E-state index contributed by atoms with van der Waals surface area (Å²) in [7, 11) is 1.51. The smallest absolute Gasteiger partial charge is 0.166 e. The van der Waals surface area contributed by atoms with Crippen molar-refractivity contribution < 1.29 is 9.13 Å². The van der Waals surface area contributed by atoms with Crippen LogP contribution < -0.4 is 10.1 Å². The number of nitrogens with one attached hydrogen (secondary N) is 1. The van der Waals surface area contributed by atoms with Crippen molar-refractivity contribution >= 4 is 15.9 Å². The third-order valence-corrected chi connectivity index (χ3v) is 3.38. The summed E-state index contributed by atoms with van der Waals surface area (Å²) in [5, 5.41) is 3.40. The average Bonchev–Trinajstić information content (AvgIpc) is 2.29. The summed E-state index contributed by atoms with van der Waals surface area (Å²) < 4.78 is 19.6. The van der Waals surface area contributed by atoms with E-state index in [-0.39, 0.29) is 11.9 Å². The Balaban J connectivity index is 2.36. The molecule has 1 unspecified atom stereocenters. The number of ether oxygens (including phenoxy) is 1. The highest BCUT2D eigenvalue weighted by Crippen LogP contribution is 2.34. The lowest BCUT2D eigenvalue weighted by Gasteiger charge is -2.25. The van der Waals surface area contributed by atoms with E-state index in [9.17, 15) is 4.39 Å². The monoisotopic (exact) mass is 287 g/mol. The molecule has 1 N–H and O–H groups in total. The fourth-order valence-corrected chi connectivity index (χ4v) is 2.62. The molecule has 0 aliphatic carbocycles. The second-order valence-electron chi connectivity index (χ2n) is 4.01. The molecule has 1 aromatic rings. The maximum absolute atomic E-state index is 13.7. The Hall–Kier alpha value is -0.610. The predicted octanol–water partition coefficient (Wildman–Crippen LogP) is 3.41. The number of piperidine rings is 1. The highest BCUT2D eigenvalue weighted by molar-refractivity contribution is 9.10. The summed E-state index contributed by atoms with van der Waals surface area (Å²) in [6.45, 7) is 0.988. The van der Waals surface area contributed by atoms with Crippen LogP contribution in [0.5, 0.6) is 5.75 Å². The van der Waals surface area contributed by atoms with E-state index in [1.807, 2.05) is 6.07 Å². The van der Waals surface area contributed by atoms with Gasteiger partial charge in [0, 0.05) is 16.1 Å². The van der Waals surface area contributed by atoms with Crippen molar-refractivity contribution in [2.24, 2.45) is 0 Å². The lowest BCUT2D eigenvalue weighted by Crippen LogP contribution is -2.27. The fraction of sp³-hybridized carbons (Fsp3) is 0.500. The van der Waals surface area contributed by atoms with E-state index in [1.54, 1.807) is 0 Å². The fourth-order valence-electron chi connectivity index (χ4n) is 2.17. The van der Waals surface area contributed by atoms with E-state index in [0.717, 1.165) is 23.0 Å². The van der Waals surface area contributed by atoms with Crippen LogP contribution >= 0.6 is 15.9 Å². The maximum atomic E-state index is 13.7. The molecule has 2 nitrogen and oxygen atoms in total. The summed E-state index contributed by atoms with van der Waals surface area (Å²) >= 11 is 3.32. The molecule has 16 heavy (non-hydrogen) atoms. The van der Waals surface area contributed by atoms with Gasteiger partial charge in [-0.1, -0.05) is 22.4 Å². The Bertz CT molecular complexity index is 378. The summed E-state index contributed by atoms with van der Waals surface area (Å²) in [6.07, 6.45) is 3.40. The molecular weight excluding hydrogens is 273 g/mol. The number of methoxy groups -OCH3 is 1. The van der Waals surface area contributed by atoms with Crippen LogP contribution in [0.15, 0.2) is 16.6 Å². The summed E-state index contributed by atoms with van der Waals surface area (Å²) in [5.41, 5.74) is 0.911. The second-order valence-corrected chi connectivity index (χ2v) is 4.93. The van der Waals surface area contributed by atoms with E-state index in [4.69, 9.17) is 4.74 Å². The van der Waals surface area contributed by atoms with Gasteiger partial charge in [0.15, 0.2) is 11.6 Å². The molecule has 0 radical (unpaired) electrons. The molecule has 1 saturated heterocycles. The minimum Gasteiger partial charge on any atom is -0.493 e. The number of hydrogen-bond donors (Lipinski definition) is 1. The zero-order valence-electron chi connectivity index (χ0n) is 9.22. The molecule has 4 heteroatoms. The van der Waals surface area contributed by atoms with E-state index in [0.29, 0.717) is 5.75 Å². The van der Waals surface area contributed by atoms with Crippen LogP contribution in [0.25, 0.3) is 0 Å². The minimum absolute atomic E-state index is 0.204. The van der Waals surface area contributed by atoms with Crippen molar-refractivity contribution in [1.29, 1.82) is 0 Å². The van der Waals surface area contributed by atoms with Crippen LogP contribution in [0.4, 0.5) is 4.39 Å². The third kappa shape index (κ3) is 2.38.